The first-order chi connectivity index (χ1) is 14.0. The predicted octanol–water partition coefficient (Wildman–Crippen LogP) is 3.71. The second-order valence-corrected chi connectivity index (χ2v) is 10.3. The molecule has 2 atom stereocenters. The summed E-state index contributed by atoms with van der Waals surface area (Å²) in [6.45, 7) is 14.8. The Morgan fingerprint density at radius 2 is 1.71 bits per heavy atom. The number of pyridine rings is 1. The van der Waals surface area contributed by atoms with Gasteiger partial charge >= 0.3 is 5.97 Å². The smallest absolute Gasteiger partial charge is 0.330 e. The molecule has 0 saturated carbocycles. The molecule has 8 heteroatoms. The van der Waals surface area contributed by atoms with Crippen LogP contribution in [0.4, 0.5) is 0 Å². The van der Waals surface area contributed by atoms with E-state index in [0.717, 1.165) is 0 Å². The summed E-state index contributed by atoms with van der Waals surface area (Å²) in [6.07, 6.45) is 0.344. The van der Waals surface area contributed by atoms with E-state index < -0.39 is 46.1 Å². The van der Waals surface area contributed by atoms with E-state index in [1.165, 1.54) is 31.0 Å². The summed E-state index contributed by atoms with van der Waals surface area (Å²) in [4.78, 5) is 26.0. The fraction of sp³-hybridized carbons (Fsp3) is 0.739. The molecule has 1 fully saturated rings. The number of hydrogen-bond donors (Lipinski definition) is 1. The molecule has 1 saturated heterocycles. The highest BCUT2D eigenvalue weighted by molar-refractivity contribution is 5.78. The molecule has 1 aromatic rings. The summed E-state index contributed by atoms with van der Waals surface area (Å²) in [6, 6.07) is 1.35. The average Bonchev–Trinajstić information content (AvgIpc) is 2.85. The number of carboxylic acid groups (broad SMARTS) is 1. The highest BCUT2D eigenvalue weighted by Gasteiger charge is 2.53. The minimum atomic E-state index is -1.57. The predicted molar refractivity (Wildman–Crippen MR) is 116 cm³/mol. The second kappa shape index (κ2) is 8.22. The molecule has 2 rings (SSSR count). The molecule has 1 unspecified atom stereocenters. The van der Waals surface area contributed by atoms with Crippen LogP contribution in [0.3, 0.4) is 0 Å². The Hall–Kier alpha value is -1.90. The van der Waals surface area contributed by atoms with E-state index in [-0.39, 0.29) is 6.42 Å². The third kappa shape index (κ3) is 4.25. The lowest BCUT2D eigenvalue weighted by Crippen LogP contribution is -2.57. The van der Waals surface area contributed by atoms with Gasteiger partial charge in [0.05, 0.1) is 36.2 Å². The van der Waals surface area contributed by atoms with Gasteiger partial charge in [-0.1, -0.05) is 20.8 Å². The van der Waals surface area contributed by atoms with Crippen LogP contribution >= 0.6 is 0 Å². The fourth-order valence-electron chi connectivity index (χ4n) is 3.93. The van der Waals surface area contributed by atoms with Crippen LogP contribution in [0, 0.1) is 5.41 Å². The third-order valence-corrected chi connectivity index (χ3v) is 6.77. The van der Waals surface area contributed by atoms with Crippen molar-refractivity contribution in [2.45, 2.75) is 90.9 Å². The van der Waals surface area contributed by atoms with Crippen molar-refractivity contribution in [3.05, 3.63) is 28.2 Å². The van der Waals surface area contributed by atoms with Gasteiger partial charge in [-0.25, -0.2) is 4.79 Å². The van der Waals surface area contributed by atoms with Crippen molar-refractivity contribution in [3.8, 4) is 5.75 Å². The van der Waals surface area contributed by atoms with Crippen molar-refractivity contribution < 1.29 is 28.8 Å². The molecule has 0 aromatic carbocycles. The summed E-state index contributed by atoms with van der Waals surface area (Å²) in [5, 5.41) is 10.4. The molecule has 8 nitrogen and oxygen atoms in total. The van der Waals surface area contributed by atoms with Crippen molar-refractivity contribution in [1.29, 1.82) is 0 Å². The maximum atomic E-state index is 13.3. The van der Waals surface area contributed by atoms with Crippen LogP contribution < -0.4 is 10.3 Å². The average molecular weight is 440 g/mol. The van der Waals surface area contributed by atoms with Crippen LogP contribution in [0.2, 0.25) is 0 Å². The van der Waals surface area contributed by atoms with Crippen LogP contribution in [0.25, 0.3) is 0 Å². The van der Waals surface area contributed by atoms with Gasteiger partial charge in [0.15, 0.2) is 11.8 Å². The molecule has 0 amide bonds. The Morgan fingerprint density at radius 1 is 1.19 bits per heavy atom. The number of rotatable bonds is 7. The lowest BCUT2D eigenvalue weighted by molar-refractivity contribution is -0.157. The molecule has 0 spiro atoms. The van der Waals surface area contributed by atoms with Crippen molar-refractivity contribution >= 4 is 5.97 Å². The minimum absolute atomic E-state index is 0.0984. The first-order valence-electron chi connectivity index (χ1n) is 10.5. The van der Waals surface area contributed by atoms with Gasteiger partial charge in [0.2, 0.25) is 0 Å². The van der Waals surface area contributed by atoms with Gasteiger partial charge in [0.25, 0.3) is 5.56 Å². The molecule has 1 aromatic heterocycles. The molecule has 1 N–H and O–H groups in total. The standard InChI is InChI=1S/C23H37NO7/c1-14(28-9)12-23(19(26)27,20(2,3)4)24-13-16(29-10)15(11-17(24)25)18-30-21(5,6)22(7,8)31-18/h11,13-14,18H,12H2,1-10H3,(H,26,27)/t14-,23?/m0/s1. The number of nitrogens with zero attached hydrogens (tertiary/aromatic N) is 1. The lowest BCUT2D eigenvalue weighted by Gasteiger charge is -2.44. The van der Waals surface area contributed by atoms with E-state index in [9.17, 15) is 14.7 Å². The molecule has 0 radical (unpaired) electrons. The zero-order chi connectivity index (χ0) is 24.0. The molecular formula is C23H37NO7. The molecule has 176 valence electrons. The van der Waals surface area contributed by atoms with Gasteiger partial charge in [-0.3, -0.25) is 9.36 Å². The highest BCUT2D eigenvalue weighted by Crippen LogP contribution is 2.47. The van der Waals surface area contributed by atoms with Crippen LogP contribution in [0.5, 0.6) is 5.75 Å². The Bertz CT molecular complexity index is 865. The summed E-state index contributed by atoms with van der Waals surface area (Å²) in [5.41, 5.74) is -3.63. The van der Waals surface area contributed by atoms with Gasteiger partial charge in [0.1, 0.15) is 5.75 Å². The van der Waals surface area contributed by atoms with Crippen molar-refractivity contribution in [1.82, 2.24) is 4.57 Å². The molecule has 1 aliphatic rings. The molecule has 0 bridgehead atoms. The first kappa shape index (κ1) is 25.4. The Labute approximate surface area is 184 Å². The van der Waals surface area contributed by atoms with E-state index in [2.05, 4.69) is 0 Å². The molecule has 31 heavy (non-hydrogen) atoms. The molecule has 2 heterocycles. The van der Waals surface area contributed by atoms with Crippen molar-refractivity contribution in [3.63, 3.8) is 0 Å². The molecule has 1 aliphatic heterocycles. The first-order valence-corrected chi connectivity index (χ1v) is 10.5. The Balaban J connectivity index is 2.72. The number of aliphatic carboxylic acids is 1. The number of hydrogen-bond acceptors (Lipinski definition) is 6. The van der Waals surface area contributed by atoms with Gasteiger partial charge < -0.3 is 24.1 Å². The quantitative estimate of drug-likeness (QED) is 0.692. The molecular weight excluding hydrogens is 402 g/mol. The number of ether oxygens (including phenoxy) is 4. The van der Waals surface area contributed by atoms with E-state index in [1.54, 1.807) is 27.7 Å². The summed E-state index contributed by atoms with van der Waals surface area (Å²) in [5.74, 6) is -0.797. The summed E-state index contributed by atoms with van der Waals surface area (Å²) >= 11 is 0. The normalized spacial score (nSPS) is 21.5. The fourth-order valence-corrected chi connectivity index (χ4v) is 3.93. The number of carbonyl (C=O) groups is 1. The Morgan fingerprint density at radius 3 is 2.10 bits per heavy atom. The maximum Gasteiger partial charge on any atom is 0.330 e. The topological polar surface area (TPSA) is 96.2 Å². The Kier molecular flexibility index (Phi) is 6.73. The summed E-state index contributed by atoms with van der Waals surface area (Å²) in [7, 11) is 2.99. The van der Waals surface area contributed by atoms with Crippen LogP contribution in [-0.4, -0.2) is 47.2 Å². The maximum absolute atomic E-state index is 13.3. The number of aromatic nitrogens is 1. The SMILES string of the molecule is COc1cn(C(C[C@H](C)OC)(C(=O)O)C(C)(C)C)c(=O)cc1C1OC(C)(C)C(C)(C)O1. The van der Waals surface area contributed by atoms with E-state index in [0.29, 0.717) is 11.3 Å². The number of methoxy groups -OCH3 is 2. The van der Waals surface area contributed by atoms with Gasteiger partial charge in [-0.15, -0.1) is 0 Å². The van der Waals surface area contributed by atoms with E-state index >= 15 is 0 Å². The third-order valence-electron chi connectivity index (χ3n) is 6.77. The monoisotopic (exact) mass is 439 g/mol. The number of carboxylic acids is 1. The lowest BCUT2D eigenvalue weighted by atomic mass is 9.70. The van der Waals surface area contributed by atoms with Gasteiger partial charge in [-0.2, -0.15) is 0 Å². The minimum Gasteiger partial charge on any atom is -0.495 e. The van der Waals surface area contributed by atoms with Gasteiger partial charge in [-0.05, 0) is 40.0 Å². The van der Waals surface area contributed by atoms with E-state index in [4.69, 9.17) is 18.9 Å². The van der Waals surface area contributed by atoms with Crippen molar-refractivity contribution in [2.75, 3.05) is 14.2 Å². The largest absolute Gasteiger partial charge is 0.495 e. The van der Waals surface area contributed by atoms with Crippen LogP contribution in [0.1, 0.15) is 73.7 Å². The van der Waals surface area contributed by atoms with Crippen LogP contribution in [0.15, 0.2) is 17.1 Å². The van der Waals surface area contributed by atoms with Crippen molar-refractivity contribution in [2.24, 2.45) is 5.41 Å². The zero-order valence-electron chi connectivity index (χ0n) is 20.4. The summed E-state index contributed by atoms with van der Waals surface area (Å²) < 4.78 is 24.3. The van der Waals surface area contributed by atoms with E-state index in [1.807, 2.05) is 27.7 Å². The van der Waals surface area contributed by atoms with Gasteiger partial charge in [0, 0.05) is 19.6 Å². The van der Waals surface area contributed by atoms with Crippen LogP contribution in [-0.2, 0) is 24.5 Å². The second-order valence-electron chi connectivity index (χ2n) is 10.3. The highest BCUT2D eigenvalue weighted by atomic mass is 16.7. The molecule has 0 aliphatic carbocycles. The zero-order valence-corrected chi connectivity index (χ0v) is 20.4.